The van der Waals surface area contributed by atoms with Crippen LogP contribution in [0.3, 0.4) is 0 Å². The largest absolute Gasteiger partial charge is 0.297 e. The van der Waals surface area contributed by atoms with Crippen LogP contribution in [0.5, 0.6) is 0 Å². The molecular weight excluding hydrogens is 186 g/mol. The van der Waals surface area contributed by atoms with Crippen molar-refractivity contribution in [1.82, 2.24) is 4.90 Å². The molecule has 0 radical (unpaired) electrons. The molecule has 1 saturated heterocycles. The van der Waals surface area contributed by atoms with Crippen molar-refractivity contribution in [2.24, 2.45) is 0 Å². The summed E-state index contributed by atoms with van der Waals surface area (Å²) in [5.41, 5.74) is 0. The molecule has 3 nitrogen and oxygen atoms in total. The fourth-order valence-electron chi connectivity index (χ4n) is 2.08. The third-order valence-electron chi connectivity index (χ3n) is 2.71. The maximum atomic E-state index is 11.3. The molecule has 0 saturated carbocycles. The topological polar surface area (TPSA) is 37.4 Å². The van der Waals surface area contributed by atoms with E-state index < -0.39 is 9.84 Å². The highest BCUT2D eigenvalue weighted by atomic mass is 32.2. The lowest BCUT2D eigenvalue weighted by molar-refractivity contribution is 0.177. The van der Waals surface area contributed by atoms with Gasteiger partial charge in [0.25, 0.3) is 0 Å². The van der Waals surface area contributed by atoms with Gasteiger partial charge in [0, 0.05) is 12.1 Å². The van der Waals surface area contributed by atoms with Crippen molar-refractivity contribution in [2.45, 2.75) is 39.3 Å². The number of sulfone groups is 1. The zero-order chi connectivity index (χ0) is 10.1. The number of nitrogens with zero attached hydrogens (tertiary/aromatic N) is 1. The van der Waals surface area contributed by atoms with Gasteiger partial charge in [-0.15, -0.1) is 0 Å². The van der Waals surface area contributed by atoms with Crippen LogP contribution in [0.15, 0.2) is 0 Å². The van der Waals surface area contributed by atoms with Crippen LogP contribution in [0.25, 0.3) is 0 Å². The van der Waals surface area contributed by atoms with Crippen molar-refractivity contribution >= 4 is 9.84 Å². The molecule has 78 valence electrons. The van der Waals surface area contributed by atoms with Gasteiger partial charge in [0.05, 0.1) is 11.5 Å². The minimum absolute atomic E-state index is 0.259. The summed E-state index contributed by atoms with van der Waals surface area (Å²) in [5, 5.41) is 0. The Morgan fingerprint density at radius 3 is 2.38 bits per heavy atom. The fourth-order valence-corrected chi connectivity index (χ4v) is 3.82. The van der Waals surface area contributed by atoms with E-state index in [1.807, 2.05) is 0 Å². The standard InChI is InChI=1S/C9H19NO2S/c1-4-10(8(2)3)9-5-6-13(11,12)7-9/h8-9H,4-7H2,1-3H3. The average molecular weight is 205 g/mol. The molecule has 0 aromatic heterocycles. The first-order valence-electron chi connectivity index (χ1n) is 4.92. The highest BCUT2D eigenvalue weighted by molar-refractivity contribution is 7.91. The Hall–Kier alpha value is -0.0900. The fraction of sp³-hybridized carbons (Fsp3) is 1.00. The van der Waals surface area contributed by atoms with Gasteiger partial charge in [-0.05, 0) is 26.8 Å². The quantitative estimate of drug-likeness (QED) is 0.687. The van der Waals surface area contributed by atoms with Gasteiger partial charge in [0.1, 0.15) is 0 Å². The summed E-state index contributed by atoms with van der Waals surface area (Å²) < 4.78 is 22.5. The molecule has 0 aromatic carbocycles. The predicted molar refractivity (Wildman–Crippen MR) is 54.6 cm³/mol. The van der Waals surface area contributed by atoms with E-state index in [-0.39, 0.29) is 6.04 Å². The van der Waals surface area contributed by atoms with Gasteiger partial charge in [0.2, 0.25) is 0 Å². The zero-order valence-electron chi connectivity index (χ0n) is 8.66. The van der Waals surface area contributed by atoms with E-state index in [1.54, 1.807) is 0 Å². The highest BCUT2D eigenvalue weighted by Gasteiger charge is 2.32. The van der Waals surface area contributed by atoms with Crippen LogP contribution in [-0.2, 0) is 9.84 Å². The predicted octanol–water partition coefficient (Wildman–Crippen LogP) is 0.904. The molecule has 0 spiro atoms. The second-order valence-electron chi connectivity index (χ2n) is 3.98. The third kappa shape index (κ3) is 2.68. The molecule has 0 bridgehead atoms. The van der Waals surface area contributed by atoms with Crippen LogP contribution >= 0.6 is 0 Å². The van der Waals surface area contributed by atoms with Gasteiger partial charge in [-0.2, -0.15) is 0 Å². The number of hydrogen-bond donors (Lipinski definition) is 0. The van der Waals surface area contributed by atoms with Gasteiger partial charge in [-0.25, -0.2) is 8.42 Å². The minimum atomic E-state index is -2.73. The van der Waals surface area contributed by atoms with Crippen molar-refractivity contribution in [1.29, 1.82) is 0 Å². The van der Waals surface area contributed by atoms with Gasteiger partial charge < -0.3 is 0 Å². The molecule has 0 N–H and O–H groups in total. The summed E-state index contributed by atoms with van der Waals surface area (Å²) in [5.74, 6) is 0.736. The second-order valence-corrected chi connectivity index (χ2v) is 6.21. The first-order chi connectivity index (χ1) is 5.96. The Balaban J connectivity index is 2.63. The second kappa shape index (κ2) is 3.96. The lowest BCUT2D eigenvalue weighted by Gasteiger charge is -2.30. The maximum absolute atomic E-state index is 11.3. The van der Waals surface area contributed by atoms with E-state index in [9.17, 15) is 8.42 Å². The molecule has 0 aromatic rings. The van der Waals surface area contributed by atoms with Gasteiger partial charge in [0.15, 0.2) is 9.84 Å². The van der Waals surface area contributed by atoms with Gasteiger partial charge in [-0.1, -0.05) is 6.92 Å². The van der Waals surface area contributed by atoms with Gasteiger partial charge >= 0.3 is 0 Å². The lowest BCUT2D eigenvalue weighted by Crippen LogP contribution is -2.40. The van der Waals surface area contributed by atoms with E-state index in [1.165, 1.54) is 0 Å². The van der Waals surface area contributed by atoms with Crippen molar-refractivity contribution in [2.75, 3.05) is 18.1 Å². The molecule has 4 heteroatoms. The Bertz CT molecular complexity index is 259. The molecule has 1 unspecified atom stereocenters. The Morgan fingerprint density at radius 2 is 2.08 bits per heavy atom. The van der Waals surface area contributed by atoms with E-state index in [0.717, 1.165) is 13.0 Å². The van der Waals surface area contributed by atoms with Crippen LogP contribution in [0.4, 0.5) is 0 Å². The first kappa shape index (κ1) is 11.0. The molecule has 1 aliphatic heterocycles. The van der Waals surface area contributed by atoms with Crippen LogP contribution in [0.1, 0.15) is 27.2 Å². The summed E-state index contributed by atoms with van der Waals surface area (Å²) in [6.07, 6.45) is 0.814. The van der Waals surface area contributed by atoms with Crippen LogP contribution in [-0.4, -0.2) is 43.5 Å². The highest BCUT2D eigenvalue weighted by Crippen LogP contribution is 2.19. The van der Waals surface area contributed by atoms with Crippen LogP contribution < -0.4 is 0 Å². The Kier molecular flexibility index (Phi) is 3.35. The smallest absolute Gasteiger partial charge is 0.151 e. The molecule has 1 rings (SSSR count). The van der Waals surface area contributed by atoms with E-state index in [0.29, 0.717) is 17.5 Å². The molecule has 0 amide bonds. The molecule has 1 atom stereocenters. The van der Waals surface area contributed by atoms with Crippen molar-refractivity contribution in [3.8, 4) is 0 Å². The summed E-state index contributed by atoms with van der Waals surface area (Å²) in [7, 11) is -2.73. The van der Waals surface area contributed by atoms with E-state index in [4.69, 9.17) is 0 Å². The summed E-state index contributed by atoms with van der Waals surface area (Å²) in [6, 6.07) is 0.707. The monoisotopic (exact) mass is 205 g/mol. The molecule has 0 aliphatic carbocycles. The third-order valence-corrected chi connectivity index (χ3v) is 4.46. The van der Waals surface area contributed by atoms with Crippen LogP contribution in [0.2, 0.25) is 0 Å². The van der Waals surface area contributed by atoms with E-state index >= 15 is 0 Å². The molecule has 1 fully saturated rings. The Labute approximate surface area is 81.0 Å². The minimum Gasteiger partial charge on any atom is -0.297 e. The Morgan fingerprint density at radius 1 is 1.46 bits per heavy atom. The first-order valence-corrected chi connectivity index (χ1v) is 6.74. The van der Waals surface area contributed by atoms with E-state index in [2.05, 4.69) is 25.7 Å². The summed E-state index contributed by atoms with van der Waals surface area (Å²) >= 11 is 0. The molecule has 1 aliphatic rings. The number of hydrogen-bond acceptors (Lipinski definition) is 3. The van der Waals surface area contributed by atoms with Crippen LogP contribution in [0, 0.1) is 0 Å². The van der Waals surface area contributed by atoms with Crippen molar-refractivity contribution in [3.05, 3.63) is 0 Å². The average Bonchev–Trinajstić information content (AvgIpc) is 2.31. The molecule has 1 heterocycles. The molecule has 13 heavy (non-hydrogen) atoms. The van der Waals surface area contributed by atoms with Crippen molar-refractivity contribution in [3.63, 3.8) is 0 Å². The number of rotatable bonds is 3. The summed E-state index contributed by atoms with van der Waals surface area (Å²) in [4.78, 5) is 2.27. The normalized spacial score (nSPS) is 27.3. The zero-order valence-corrected chi connectivity index (χ0v) is 9.47. The lowest BCUT2D eigenvalue weighted by atomic mass is 10.2. The maximum Gasteiger partial charge on any atom is 0.151 e. The van der Waals surface area contributed by atoms with Gasteiger partial charge in [-0.3, -0.25) is 4.90 Å². The SMILES string of the molecule is CCN(C(C)C)C1CCS(=O)(=O)C1. The molecular formula is C9H19NO2S. The van der Waals surface area contributed by atoms with Crippen molar-refractivity contribution < 1.29 is 8.42 Å². The summed E-state index contributed by atoms with van der Waals surface area (Å²) in [6.45, 7) is 7.27.